The van der Waals surface area contributed by atoms with Gasteiger partial charge in [-0.2, -0.15) is 0 Å². The number of ether oxygens (including phenoxy) is 2. The average molecular weight is 294 g/mol. The van der Waals surface area contributed by atoms with Crippen LogP contribution >= 0.6 is 0 Å². The van der Waals surface area contributed by atoms with Crippen LogP contribution < -0.4 is 9.47 Å². The molecule has 110 valence electrons. The number of rotatable bonds is 2. The number of fused-ring (bicyclic) bond motifs is 1. The smallest absolute Gasteiger partial charge is 0.248 e. The van der Waals surface area contributed by atoms with Crippen molar-refractivity contribution in [1.29, 1.82) is 0 Å². The summed E-state index contributed by atoms with van der Waals surface area (Å²) < 4.78 is 16.8. The maximum Gasteiger partial charge on any atom is 0.248 e. The minimum Gasteiger partial charge on any atom is -0.486 e. The molecule has 0 aliphatic carbocycles. The van der Waals surface area contributed by atoms with Crippen LogP contribution in [0.25, 0.3) is 22.6 Å². The van der Waals surface area contributed by atoms with Gasteiger partial charge in [0.1, 0.15) is 13.2 Å². The Balaban J connectivity index is 1.83. The van der Waals surface area contributed by atoms with E-state index >= 15 is 0 Å². The lowest BCUT2D eigenvalue weighted by atomic mass is 9.99. The van der Waals surface area contributed by atoms with E-state index in [1.165, 1.54) is 0 Å². The van der Waals surface area contributed by atoms with Crippen molar-refractivity contribution >= 4 is 0 Å². The number of nitrogens with zero attached hydrogens (tertiary/aromatic N) is 2. The summed E-state index contributed by atoms with van der Waals surface area (Å²) in [6, 6.07) is 13.9. The van der Waals surface area contributed by atoms with Gasteiger partial charge in [-0.1, -0.05) is 24.3 Å². The molecule has 5 heteroatoms. The zero-order chi connectivity index (χ0) is 14.9. The first-order valence-corrected chi connectivity index (χ1v) is 7.11. The highest BCUT2D eigenvalue weighted by Crippen LogP contribution is 2.37. The summed E-state index contributed by atoms with van der Waals surface area (Å²) in [5.41, 5.74) is 2.94. The lowest BCUT2D eigenvalue weighted by molar-refractivity contribution is 0.171. The fourth-order valence-electron chi connectivity index (χ4n) is 2.54. The summed E-state index contributed by atoms with van der Waals surface area (Å²) in [6.45, 7) is 2.94. The SMILES string of the molecule is Cc1nnc(-c2ccccc2-c2ccc3c(c2)OCCO3)o1. The lowest BCUT2D eigenvalue weighted by Crippen LogP contribution is -2.15. The Bertz CT molecular complexity index is 826. The first-order chi connectivity index (χ1) is 10.8. The van der Waals surface area contributed by atoms with E-state index in [1.807, 2.05) is 42.5 Å². The molecule has 2 aromatic carbocycles. The number of hydrogen-bond donors (Lipinski definition) is 0. The van der Waals surface area contributed by atoms with Crippen molar-refractivity contribution in [2.75, 3.05) is 13.2 Å². The zero-order valence-electron chi connectivity index (χ0n) is 12.1. The van der Waals surface area contributed by atoms with Crippen LogP contribution in [-0.4, -0.2) is 23.4 Å². The van der Waals surface area contributed by atoms with E-state index in [1.54, 1.807) is 6.92 Å². The summed E-state index contributed by atoms with van der Waals surface area (Å²) in [5, 5.41) is 8.02. The second kappa shape index (κ2) is 5.18. The molecule has 1 aliphatic rings. The highest BCUT2D eigenvalue weighted by molar-refractivity contribution is 5.81. The monoisotopic (exact) mass is 294 g/mol. The van der Waals surface area contributed by atoms with E-state index in [-0.39, 0.29) is 0 Å². The molecule has 22 heavy (non-hydrogen) atoms. The van der Waals surface area contributed by atoms with Gasteiger partial charge in [-0.05, 0) is 29.3 Å². The molecule has 0 saturated carbocycles. The molecule has 1 aliphatic heterocycles. The van der Waals surface area contributed by atoms with Gasteiger partial charge >= 0.3 is 0 Å². The number of hydrogen-bond acceptors (Lipinski definition) is 5. The van der Waals surface area contributed by atoms with Crippen molar-refractivity contribution in [3.05, 3.63) is 48.4 Å². The van der Waals surface area contributed by atoms with Gasteiger partial charge in [0.25, 0.3) is 0 Å². The summed E-state index contributed by atoms with van der Waals surface area (Å²) >= 11 is 0. The first kappa shape index (κ1) is 12.9. The van der Waals surface area contributed by atoms with Crippen molar-refractivity contribution in [1.82, 2.24) is 10.2 Å². The minimum absolute atomic E-state index is 0.517. The summed E-state index contributed by atoms with van der Waals surface area (Å²) in [7, 11) is 0. The van der Waals surface area contributed by atoms with Gasteiger partial charge in [0.2, 0.25) is 11.8 Å². The van der Waals surface area contributed by atoms with E-state index < -0.39 is 0 Å². The molecule has 2 heterocycles. The van der Waals surface area contributed by atoms with Crippen LogP contribution in [0.4, 0.5) is 0 Å². The standard InChI is InChI=1S/C17H14N2O3/c1-11-18-19-17(22-11)14-5-3-2-4-13(14)12-6-7-15-16(10-12)21-9-8-20-15/h2-7,10H,8-9H2,1H3. The molecule has 0 unspecified atom stereocenters. The molecule has 5 nitrogen and oxygen atoms in total. The van der Waals surface area contributed by atoms with Crippen LogP contribution in [0.1, 0.15) is 5.89 Å². The molecular weight excluding hydrogens is 280 g/mol. The van der Waals surface area contributed by atoms with Gasteiger partial charge in [-0.3, -0.25) is 0 Å². The molecule has 0 saturated heterocycles. The number of aromatic nitrogens is 2. The van der Waals surface area contributed by atoms with Gasteiger partial charge in [-0.25, -0.2) is 0 Å². The van der Waals surface area contributed by atoms with E-state index in [0.29, 0.717) is 25.0 Å². The van der Waals surface area contributed by atoms with E-state index in [4.69, 9.17) is 13.9 Å². The van der Waals surface area contributed by atoms with Crippen LogP contribution in [0, 0.1) is 6.92 Å². The summed E-state index contributed by atoms with van der Waals surface area (Å²) in [4.78, 5) is 0. The molecule has 0 fully saturated rings. The second-order valence-electron chi connectivity index (χ2n) is 5.03. The third-order valence-electron chi connectivity index (χ3n) is 3.54. The van der Waals surface area contributed by atoms with Gasteiger partial charge in [0, 0.05) is 12.5 Å². The van der Waals surface area contributed by atoms with Crippen molar-refractivity contribution in [3.63, 3.8) is 0 Å². The largest absolute Gasteiger partial charge is 0.486 e. The Morgan fingerprint density at radius 1 is 0.864 bits per heavy atom. The molecule has 0 bridgehead atoms. The fourth-order valence-corrected chi connectivity index (χ4v) is 2.54. The van der Waals surface area contributed by atoms with Crippen molar-refractivity contribution in [2.24, 2.45) is 0 Å². The molecule has 4 rings (SSSR count). The number of benzene rings is 2. The Hall–Kier alpha value is -2.82. The van der Waals surface area contributed by atoms with Gasteiger partial charge in [-0.15, -0.1) is 10.2 Å². The minimum atomic E-state index is 0.517. The van der Waals surface area contributed by atoms with Crippen LogP contribution in [0.2, 0.25) is 0 Å². The fraction of sp³-hybridized carbons (Fsp3) is 0.176. The third kappa shape index (κ3) is 2.20. The molecule has 0 spiro atoms. The van der Waals surface area contributed by atoms with E-state index in [0.717, 1.165) is 28.2 Å². The van der Waals surface area contributed by atoms with E-state index in [2.05, 4.69) is 10.2 Å². The van der Waals surface area contributed by atoms with Gasteiger partial charge < -0.3 is 13.9 Å². The van der Waals surface area contributed by atoms with Crippen molar-refractivity contribution < 1.29 is 13.9 Å². The van der Waals surface area contributed by atoms with Gasteiger partial charge in [0.15, 0.2) is 11.5 Å². The Kier molecular flexibility index (Phi) is 3.04. The average Bonchev–Trinajstić information content (AvgIpc) is 3.01. The highest BCUT2D eigenvalue weighted by atomic mass is 16.6. The molecule has 1 aromatic heterocycles. The molecule has 0 atom stereocenters. The van der Waals surface area contributed by atoms with Crippen LogP contribution in [-0.2, 0) is 0 Å². The predicted molar refractivity (Wildman–Crippen MR) is 80.9 cm³/mol. The Labute approximate surface area is 127 Å². The maximum atomic E-state index is 5.66. The van der Waals surface area contributed by atoms with Crippen molar-refractivity contribution in [2.45, 2.75) is 6.92 Å². The highest BCUT2D eigenvalue weighted by Gasteiger charge is 2.16. The molecule has 3 aromatic rings. The molecule has 0 amide bonds. The normalized spacial score (nSPS) is 13.1. The molecular formula is C17H14N2O3. The summed E-state index contributed by atoms with van der Waals surface area (Å²) in [5.74, 6) is 2.61. The van der Waals surface area contributed by atoms with Crippen LogP contribution in [0.15, 0.2) is 46.9 Å². The topological polar surface area (TPSA) is 57.4 Å². The molecule has 0 N–H and O–H groups in total. The second-order valence-corrected chi connectivity index (χ2v) is 5.03. The van der Waals surface area contributed by atoms with E-state index in [9.17, 15) is 0 Å². The Morgan fingerprint density at radius 2 is 1.64 bits per heavy atom. The number of aryl methyl sites for hydroxylation is 1. The third-order valence-corrected chi connectivity index (χ3v) is 3.54. The van der Waals surface area contributed by atoms with Crippen molar-refractivity contribution in [3.8, 4) is 34.1 Å². The Morgan fingerprint density at radius 3 is 2.41 bits per heavy atom. The zero-order valence-corrected chi connectivity index (χ0v) is 12.1. The molecule has 0 radical (unpaired) electrons. The summed E-state index contributed by atoms with van der Waals surface area (Å²) in [6.07, 6.45) is 0. The quantitative estimate of drug-likeness (QED) is 0.724. The first-order valence-electron chi connectivity index (χ1n) is 7.11. The van der Waals surface area contributed by atoms with Gasteiger partial charge in [0.05, 0.1) is 0 Å². The van der Waals surface area contributed by atoms with Crippen LogP contribution in [0.5, 0.6) is 11.5 Å². The lowest BCUT2D eigenvalue weighted by Gasteiger charge is -2.19. The maximum absolute atomic E-state index is 5.66. The van der Waals surface area contributed by atoms with Crippen LogP contribution in [0.3, 0.4) is 0 Å². The predicted octanol–water partition coefficient (Wildman–Crippen LogP) is 3.48.